The summed E-state index contributed by atoms with van der Waals surface area (Å²) in [5.41, 5.74) is -2.24. The van der Waals surface area contributed by atoms with E-state index in [1.54, 1.807) is 0 Å². The number of esters is 3. The quantitative estimate of drug-likeness (QED) is 0.562. The van der Waals surface area contributed by atoms with Crippen molar-refractivity contribution in [2.24, 2.45) is 11.3 Å². The smallest absolute Gasteiger partial charge is 0.303 e. The van der Waals surface area contributed by atoms with Crippen LogP contribution in [0.1, 0.15) is 40.5 Å². The molecule has 0 aromatic carbocycles. The maximum atomic E-state index is 11.7. The number of hydrogen-bond acceptors (Lipinski definition) is 7. The monoisotopic (exact) mass is 326 g/mol. The Morgan fingerprint density at radius 2 is 1.78 bits per heavy atom. The van der Waals surface area contributed by atoms with E-state index in [1.165, 1.54) is 20.8 Å². The molecule has 0 aromatic rings. The predicted molar refractivity (Wildman–Crippen MR) is 76.2 cm³/mol. The van der Waals surface area contributed by atoms with Crippen LogP contribution in [0.15, 0.2) is 0 Å². The van der Waals surface area contributed by atoms with Crippen LogP contribution in [-0.4, -0.2) is 48.4 Å². The minimum Gasteiger partial charge on any atom is -0.465 e. The Hall–Kier alpha value is -1.63. The second-order valence-corrected chi connectivity index (χ2v) is 7.04. The normalized spacial score (nSPS) is 43.3. The minimum absolute atomic E-state index is 0.0549. The Balaban J connectivity index is 1.97. The summed E-state index contributed by atoms with van der Waals surface area (Å²) in [7, 11) is 0. The summed E-state index contributed by atoms with van der Waals surface area (Å²) in [5, 5.41) is 0. The molecule has 4 bridgehead atoms. The van der Waals surface area contributed by atoms with Gasteiger partial charge in [0.15, 0.2) is 5.60 Å². The molecule has 4 aliphatic rings. The maximum absolute atomic E-state index is 11.7. The molecule has 23 heavy (non-hydrogen) atoms. The number of fused-ring (bicyclic) bond motifs is 1. The molecule has 5 atom stereocenters. The van der Waals surface area contributed by atoms with Gasteiger partial charge in [-0.1, -0.05) is 0 Å². The zero-order valence-electron chi connectivity index (χ0n) is 13.8. The molecule has 0 N–H and O–H groups in total. The number of ether oxygens (including phenoxy) is 4. The van der Waals surface area contributed by atoms with Crippen molar-refractivity contribution in [3.05, 3.63) is 0 Å². The van der Waals surface area contributed by atoms with Crippen LogP contribution < -0.4 is 0 Å². The predicted octanol–water partition coefficient (Wildman–Crippen LogP) is 0.982. The number of carbonyl (C=O) groups excluding carboxylic acids is 3. The zero-order chi connectivity index (χ0) is 17.0. The molecule has 0 radical (unpaired) electrons. The summed E-state index contributed by atoms with van der Waals surface area (Å²) >= 11 is 0. The third kappa shape index (κ3) is 2.02. The van der Waals surface area contributed by atoms with Crippen LogP contribution in [0.5, 0.6) is 0 Å². The molecule has 7 nitrogen and oxygen atoms in total. The fraction of sp³-hybridized carbons (Fsp3) is 0.812. The molecule has 3 saturated carbocycles. The summed E-state index contributed by atoms with van der Waals surface area (Å²) in [5.74, 6) is -1.20. The molecule has 1 saturated heterocycles. The maximum Gasteiger partial charge on any atom is 0.303 e. The molecule has 3 aliphatic carbocycles. The second-order valence-electron chi connectivity index (χ2n) is 7.04. The zero-order valence-corrected chi connectivity index (χ0v) is 13.8. The first-order chi connectivity index (χ1) is 10.7. The molecular formula is C16H22O7. The van der Waals surface area contributed by atoms with Gasteiger partial charge in [-0.05, 0) is 13.3 Å². The van der Waals surface area contributed by atoms with E-state index in [2.05, 4.69) is 0 Å². The van der Waals surface area contributed by atoms with Crippen LogP contribution >= 0.6 is 0 Å². The first kappa shape index (κ1) is 16.2. The van der Waals surface area contributed by atoms with Gasteiger partial charge in [-0.15, -0.1) is 0 Å². The Morgan fingerprint density at radius 1 is 1.09 bits per heavy atom. The van der Waals surface area contributed by atoms with Crippen LogP contribution in [0.4, 0.5) is 0 Å². The van der Waals surface area contributed by atoms with Crippen LogP contribution in [-0.2, 0) is 33.3 Å². The van der Waals surface area contributed by atoms with Gasteiger partial charge in [0.1, 0.15) is 18.3 Å². The highest BCUT2D eigenvalue weighted by Crippen LogP contribution is 2.73. The fourth-order valence-corrected chi connectivity index (χ4v) is 4.81. The van der Waals surface area contributed by atoms with Gasteiger partial charge < -0.3 is 18.9 Å². The highest BCUT2D eigenvalue weighted by Gasteiger charge is 2.85. The van der Waals surface area contributed by atoms with Crippen molar-refractivity contribution in [3.63, 3.8) is 0 Å². The van der Waals surface area contributed by atoms with E-state index in [0.717, 1.165) is 0 Å². The first-order valence-corrected chi connectivity index (χ1v) is 7.80. The highest BCUT2D eigenvalue weighted by molar-refractivity contribution is 5.68. The molecule has 4 rings (SSSR count). The average molecular weight is 326 g/mol. The third-order valence-electron chi connectivity index (χ3n) is 5.73. The van der Waals surface area contributed by atoms with E-state index >= 15 is 0 Å². The molecule has 0 unspecified atom stereocenters. The van der Waals surface area contributed by atoms with E-state index in [0.29, 0.717) is 19.4 Å². The average Bonchev–Trinajstić information content (AvgIpc) is 2.49. The molecule has 4 fully saturated rings. The lowest BCUT2D eigenvalue weighted by molar-refractivity contribution is -0.304. The standard InChI is InChI=1S/C16H22O7/c1-9(17)20-7-15-8-21-14(4)6-13(22-10(2)18)12(15)5-16(14,15)23-11(3)19/h12-13H,5-8H2,1-4H3/t12-,13+,14-,15+,16-/m0/s1. The van der Waals surface area contributed by atoms with Crippen molar-refractivity contribution in [1.82, 2.24) is 0 Å². The number of rotatable bonds is 4. The van der Waals surface area contributed by atoms with Crippen molar-refractivity contribution in [2.75, 3.05) is 13.2 Å². The van der Waals surface area contributed by atoms with Crippen molar-refractivity contribution in [2.45, 2.75) is 57.8 Å². The van der Waals surface area contributed by atoms with Gasteiger partial charge in [-0.3, -0.25) is 14.4 Å². The molecule has 0 amide bonds. The molecule has 0 spiro atoms. The second kappa shape index (κ2) is 4.93. The Kier molecular flexibility index (Phi) is 3.48. The fourth-order valence-electron chi connectivity index (χ4n) is 4.81. The summed E-state index contributed by atoms with van der Waals surface area (Å²) in [6.45, 7) is 6.35. The van der Waals surface area contributed by atoms with Gasteiger partial charge in [0, 0.05) is 33.1 Å². The van der Waals surface area contributed by atoms with Gasteiger partial charge >= 0.3 is 17.9 Å². The third-order valence-corrected chi connectivity index (χ3v) is 5.73. The topological polar surface area (TPSA) is 88.1 Å². The van der Waals surface area contributed by atoms with E-state index < -0.39 is 28.6 Å². The van der Waals surface area contributed by atoms with Gasteiger partial charge in [0.25, 0.3) is 0 Å². The SMILES string of the molecule is CC(=O)OC[C@@]12CO[C@@]3(C)C[C@@H](OC(C)=O)[C@@H]1C[C@@]23OC(C)=O. The summed E-state index contributed by atoms with van der Waals surface area (Å²) in [4.78, 5) is 34.4. The lowest BCUT2D eigenvalue weighted by atomic mass is 9.41. The Labute approximate surface area is 134 Å². The van der Waals surface area contributed by atoms with E-state index in [9.17, 15) is 14.4 Å². The number of hydrogen-bond donors (Lipinski definition) is 0. The van der Waals surface area contributed by atoms with Crippen molar-refractivity contribution in [1.29, 1.82) is 0 Å². The molecule has 7 heteroatoms. The van der Waals surface area contributed by atoms with Crippen molar-refractivity contribution >= 4 is 17.9 Å². The van der Waals surface area contributed by atoms with Crippen molar-refractivity contribution in [3.8, 4) is 0 Å². The lowest BCUT2D eigenvalue weighted by Crippen LogP contribution is -2.79. The van der Waals surface area contributed by atoms with Crippen molar-refractivity contribution < 1.29 is 33.3 Å². The Bertz CT molecular complexity index is 573. The molecule has 1 aliphatic heterocycles. The first-order valence-electron chi connectivity index (χ1n) is 7.80. The van der Waals surface area contributed by atoms with Gasteiger partial charge in [0.2, 0.25) is 0 Å². The van der Waals surface area contributed by atoms with Crippen LogP contribution in [0.2, 0.25) is 0 Å². The van der Waals surface area contributed by atoms with Gasteiger partial charge in [-0.2, -0.15) is 0 Å². The van der Waals surface area contributed by atoms with Gasteiger partial charge in [-0.25, -0.2) is 0 Å². The minimum atomic E-state index is -0.831. The highest BCUT2D eigenvalue weighted by atomic mass is 16.6. The molecule has 128 valence electrons. The lowest BCUT2D eigenvalue weighted by Gasteiger charge is -2.67. The molecular weight excluding hydrogens is 304 g/mol. The largest absolute Gasteiger partial charge is 0.465 e. The van der Waals surface area contributed by atoms with Crippen LogP contribution in [0, 0.1) is 11.3 Å². The number of carbonyl (C=O) groups is 3. The molecule has 1 heterocycles. The molecule has 0 aromatic heterocycles. The van der Waals surface area contributed by atoms with Crippen LogP contribution in [0.25, 0.3) is 0 Å². The van der Waals surface area contributed by atoms with Gasteiger partial charge in [0.05, 0.1) is 12.0 Å². The summed E-state index contributed by atoms with van der Waals surface area (Å²) < 4.78 is 22.5. The Morgan fingerprint density at radius 3 is 2.35 bits per heavy atom. The van der Waals surface area contributed by atoms with E-state index in [4.69, 9.17) is 18.9 Å². The van der Waals surface area contributed by atoms with E-state index in [-0.39, 0.29) is 24.6 Å². The van der Waals surface area contributed by atoms with E-state index in [1.807, 2.05) is 6.92 Å². The summed E-state index contributed by atoms with van der Waals surface area (Å²) in [6.07, 6.45) is 0.683. The van der Waals surface area contributed by atoms with Crippen LogP contribution in [0.3, 0.4) is 0 Å². The summed E-state index contributed by atoms with van der Waals surface area (Å²) in [6, 6.07) is 0.